The van der Waals surface area contributed by atoms with Crippen LogP contribution < -0.4 is 4.74 Å². The fourth-order valence-corrected chi connectivity index (χ4v) is 2.90. The molecule has 0 bridgehead atoms. The molecule has 4 nitrogen and oxygen atoms in total. The number of halogens is 2. The van der Waals surface area contributed by atoms with E-state index in [4.69, 9.17) is 27.9 Å². The van der Waals surface area contributed by atoms with E-state index in [2.05, 4.69) is 0 Å². The van der Waals surface area contributed by atoms with Gasteiger partial charge in [0.25, 0.3) is 11.8 Å². The van der Waals surface area contributed by atoms with Gasteiger partial charge in [0.15, 0.2) is 0 Å². The average molecular weight is 350 g/mol. The van der Waals surface area contributed by atoms with E-state index in [1.54, 1.807) is 42.5 Å². The lowest BCUT2D eigenvalue weighted by molar-refractivity contribution is 0.0647. The molecule has 6 heteroatoms. The summed E-state index contributed by atoms with van der Waals surface area (Å²) < 4.78 is 5.56. The van der Waals surface area contributed by atoms with Gasteiger partial charge in [-0.25, -0.2) is 0 Å². The Morgan fingerprint density at radius 1 is 0.957 bits per heavy atom. The summed E-state index contributed by atoms with van der Waals surface area (Å²) in [7, 11) is 0. The highest BCUT2D eigenvalue weighted by Crippen LogP contribution is 2.28. The van der Waals surface area contributed by atoms with E-state index in [0.29, 0.717) is 46.5 Å². The molecule has 0 aromatic heterocycles. The largest absolute Gasteiger partial charge is 0.492 e. The number of fused-ring (bicyclic) bond motifs is 1. The van der Waals surface area contributed by atoms with Gasteiger partial charge in [0.2, 0.25) is 0 Å². The van der Waals surface area contributed by atoms with Gasteiger partial charge in [0.05, 0.1) is 22.8 Å². The number of amides is 2. The Morgan fingerprint density at radius 2 is 1.61 bits per heavy atom. The number of benzene rings is 2. The van der Waals surface area contributed by atoms with Crippen molar-refractivity contribution in [2.75, 3.05) is 13.2 Å². The van der Waals surface area contributed by atoms with E-state index in [1.165, 1.54) is 4.90 Å². The fraction of sp³-hybridized carbons (Fsp3) is 0.176. The quantitative estimate of drug-likeness (QED) is 0.604. The van der Waals surface area contributed by atoms with Crippen LogP contribution in [0.1, 0.15) is 27.1 Å². The molecule has 0 saturated carbocycles. The zero-order valence-corrected chi connectivity index (χ0v) is 13.6. The topological polar surface area (TPSA) is 46.6 Å². The molecular formula is C17H13Cl2NO3. The van der Waals surface area contributed by atoms with Crippen molar-refractivity contribution in [2.24, 2.45) is 0 Å². The number of rotatable bonds is 5. The first-order valence-electron chi connectivity index (χ1n) is 7.11. The predicted molar refractivity (Wildman–Crippen MR) is 88.4 cm³/mol. The van der Waals surface area contributed by atoms with Gasteiger partial charge in [-0.3, -0.25) is 14.5 Å². The van der Waals surface area contributed by atoms with E-state index >= 15 is 0 Å². The third kappa shape index (κ3) is 3.19. The highest BCUT2D eigenvalue weighted by molar-refractivity contribution is 6.35. The summed E-state index contributed by atoms with van der Waals surface area (Å²) in [5.41, 5.74) is 0.915. The number of carbonyl (C=O) groups is 2. The molecule has 2 amide bonds. The van der Waals surface area contributed by atoms with Crippen molar-refractivity contribution in [1.82, 2.24) is 4.90 Å². The summed E-state index contributed by atoms with van der Waals surface area (Å²) in [5, 5.41) is 0.964. The second-order valence-corrected chi connectivity index (χ2v) is 5.93. The molecule has 1 heterocycles. The molecule has 0 N–H and O–H groups in total. The molecule has 3 rings (SSSR count). The molecule has 2 aromatic carbocycles. The van der Waals surface area contributed by atoms with E-state index in [1.807, 2.05) is 0 Å². The van der Waals surface area contributed by atoms with Crippen LogP contribution in [0.5, 0.6) is 5.75 Å². The molecule has 0 fully saturated rings. The standard InChI is InChI=1S/C17H13Cl2NO3/c18-11-6-7-15(14(19)10-11)23-9-3-8-20-16(21)12-4-1-2-5-13(12)17(20)22/h1-2,4-7,10H,3,8-9H2. The van der Waals surface area contributed by atoms with Gasteiger partial charge in [-0.1, -0.05) is 35.3 Å². The maximum atomic E-state index is 12.2. The Bertz CT molecular complexity index is 741. The summed E-state index contributed by atoms with van der Waals surface area (Å²) in [6.07, 6.45) is 0.518. The number of hydrogen-bond donors (Lipinski definition) is 0. The normalized spacial score (nSPS) is 13.4. The minimum absolute atomic E-state index is 0.255. The first kappa shape index (κ1) is 15.8. The molecule has 118 valence electrons. The zero-order chi connectivity index (χ0) is 16.4. The maximum Gasteiger partial charge on any atom is 0.261 e. The molecule has 0 spiro atoms. The molecule has 0 saturated heterocycles. The number of nitrogens with zero attached hydrogens (tertiary/aromatic N) is 1. The lowest BCUT2D eigenvalue weighted by Gasteiger charge is -2.14. The Hall–Kier alpha value is -2.04. The van der Waals surface area contributed by atoms with Crippen molar-refractivity contribution >= 4 is 35.0 Å². The highest BCUT2D eigenvalue weighted by atomic mass is 35.5. The van der Waals surface area contributed by atoms with Gasteiger partial charge in [-0.2, -0.15) is 0 Å². The predicted octanol–water partition coefficient (Wildman–Crippen LogP) is 4.06. The SMILES string of the molecule is O=C1c2ccccc2C(=O)N1CCCOc1ccc(Cl)cc1Cl. The van der Waals surface area contributed by atoms with E-state index in [-0.39, 0.29) is 11.8 Å². The van der Waals surface area contributed by atoms with Crippen LogP contribution >= 0.6 is 23.2 Å². The number of hydrogen-bond acceptors (Lipinski definition) is 3. The second-order valence-electron chi connectivity index (χ2n) is 5.08. The first-order valence-corrected chi connectivity index (χ1v) is 7.86. The lowest BCUT2D eigenvalue weighted by Crippen LogP contribution is -2.31. The van der Waals surface area contributed by atoms with Crippen LogP contribution in [0.4, 0.5) is 0 Å². The van der Waals surface area contributed by atoms with Crippen LogP contribution in [0.25, 0.3) is 0 Å². The van der Waals surface area contributed by atoms with Crippen molar-refractivity contribution in [1.29, 1.82) is 0 Å². The minimum atomic E-state index is -0.255. The van der Waals surface area contributed by atoms with Crippen LogP contribution in [-0.4, -0.2) is 29.9 Å². The molecule has 0 radical (unpaired) electrons. The Morgan fingerprint density at radius 3 is 2.22 bits per heavy atom. The monoisotopic (exact) mass is 349 g/mol. The molecule has 2 aromatic rings. The third-order valence-corrected chi connectivity index (χ3v) is 4.09. The summed E-state index contributed by atoms with van der Waals surface area (Å²) in [6.45, 7) is 0.645. The van der Waals surface area contributed by atoms with Gasteiger partial charge >= 0.3 is 0 Å². The summed E-state index contributed by atoms with van der Waals surface area (Å²) >= 11 is 11.8. The van der Waals surface area contributed by atoms with Crippen molar-refractivity contribution in [3.8, 4) is 5.75 Å². The van der Waals surface area contributed by atoms with Gasteiger partial charge in [0.1, 0.15) is 5.75 Å². The molecule has 23 heavy (non-hydrogen) atoms. The fourth-order valence-electron chi connectivity index (χ4n) is 2.44. The smallest absolute Gasteiger partial charge is 0.261 e. The van der Waals surface area contributed by atoms with Crippen molar-refractivity contribution in [3.05, 3.63) is 63.6 Å². The number of carbonyl (C=O) groups excluding carboxylic acids is 2. The Balaban J connectivity index is 1.56. The minimum Gasteiger partial charge on any atom is -0.492 e. The maximum absolute atomic E-state index is 12.2. The van der Waals surface area contributed by atoms with Crippen LogP contribution in [0.3, 0.4) is 0 Å². The third-order valence-electron chi connectivity index (χ3n) is 3.56. The highest BCUT2D eigenvalue weighted by Gasteiger charge is 2.34. The Kier molecular flexibility index (Phi) is 4.55. The van der Waals surface area contributed by atoms with Gasteiger partial charge in [-0.05, 0) is 36.8 Å². The summed E-state index contributed by atoms with van der Waals surface area (Å²) in [4.78, 5) is 25.6. The van der Waals surface area contributed by atoms with Crippen LogP contribution in [0.2, 0.25) is 10.0 Å². The number of ether oxygens (including phenoxy) is 1. The Labute approximate surface area is 143 Å². The lowest BCUT2D eigenvalue weighted by atomic mass is 10.1. The van der Waals surface area contributed by atoms with Gasteiger partial charge < -0.3 is 4.74 Å². The molecule has 1 aliphatic rings. The molecule has 0 aliphatic carbocycles. The average Bonchev–Trinajstić information content (AvgIpc) is 2.78. The second kappa shape index (κ2) is 6.60. The van der Waals surface area contributed by atoms with Gasteiger partial charge in [0, 0.05) is 11.6 Å². The van der Waals surface area contributed by atoms with Crippen molar-refractivity contribution < 1.29 is 14.3 Å². The first-order chi connectivity index (χ1) is 11.1. The van der Waals surface area contributed by atoms with E-state index in [0.717, 1.165) is 0 Å². The molecular weight excluding hydrogens is 337 g/mol. The zero-order valence-electron chi connectivity index (χ0n) is 12.1. The van der Waals surface area contributed by atoms with Gasteiger partial charge in [-0.15, -0.1) is 0 Å². The van der Waals surface area contributed by atoms with Crippen LogP contribution in [0.15, 0.2) is 42.5 Å². The molecule has 0 unspecified atom stereocenters. The van der Waals surface area contributed by atoms with Crippen LogP contribution in [-0.2, 0) is 0 Å². The van der Waals surface area contributed by atoms with E-state index in [9.17, 15) is 9.59 Å². The van der Waals surface area contributed by atoms with Crippen molar-refractivity contribution in [2.45, 2.75) is 6.42 Å². The number of imide groups is 1. The molecule has 0 atom stereocenters. The van der Waals surface area contributed by atoms with Crippen LogP contribution in [0, 0.1) is 0 Å². The van der Waals surface area contributed by atoms with Crippen molar-refractivity contribution in [3.63, 3.8) is 0 Å². The summed E-state index contributed by atoms with van der Waals surface area (Å²) in [5.74, 6) is 0.0173. The molecule has 1 aliphatic heterocycles. The summed E-state index contributed by atoms with van der Waals surface area (Å²) in [6, 6.07) is 11.8. The van der Waals surface area contributed by atoms with E-state index < -0.39 is 0 Å².